The van der Waals surface area contributed by atoms with Crippen LogP contribution in [0, 0.1) is 12.7 Å². The average molecular weight is 266 g/mol. The summed E-state index contributed by atoms with van der Waals surface area (Å²) < 4.78 is 14.0. The first kappa shape index (κ1) is 12.4. The molecule has 0 aliphatic heterocycles. The lowest BCUT2D eigenvalue weighted by Crippen LogP contribution is -2.06. The van der Waals surface area contributed by atoms with Crippen molar-refractivity contribution in [3.63, 3.8) is 0 Å². The van der Waals surface area contributed by atoms with Crippen LogP contribution in [0.25, 0.3) is 22.2 Å². The Morgan fingerprint density at radius 2 is 1.65 bits per heavy atom. The molecule has 0 atom stereocenters. The first-order valence-corrected chi connectivity index (χ1v) is 6.19. The van der Waals surface area contributed by atoms with Gasteiger partial charge in [-0.15, -0.1) is 0 Å². The van der Waals surface area contributed by atoms with Crippen molar-refractivity contribution in [2.75, 3.05) is 0 Å². The second-order valence-corrected chi connectivity index (χ2v) is 4.46. The Kier molecular flexibility index (Phi) is 2.99. The molecule has 20 heavy (non-hydrogen) atoms. The quantitative estimate of drug-likeness (QED) is 0.679. The summed E-state index contributed by atoms with van der Waals surface area (Å²) in [6, 6.07) is 13.5. The van der Waals surface area contributed by atoms with Crippen LogP contribution in [0.15, 0.2) is 53.3 Å². The third kappa shape index (κ3) is 2.05. The molecule has 3 aromatic rings. The summed E-state index contributed by atoms with van der Waals surface area (Å²) >= 11 is 0. The van der Waals surface area contributed by atoms with Crippen molar-refractivity contribution in [2.24, 2.45) is 0 Å². The highest BCUT2D eigenvalue weighted by molar-refractivity contribution is 5.91. The summed E-state index contributed by atoms with van der Waals surface area (Å²) in [4.78, 5) is 20.1. The average Bonchev–Trinajstić information content (AvgIpc) is 2.57. The van der Waals surface area contributed by atoms with E-state index in [1.54, 1.807) is 43.3 Å². The normalized spacial score (nSPS) is 10.7. The van der Waals surface area contributed by atoms with Gasteiger partial charge in [0.25, 0.3) is 5.56 Å². The number of nitrogens with zero attached hydrogens (tertiary/aromatic N) is 2. The molecule has 4 heteroatoms. The number of aromatic nitrogens is 2. The zero-order valence-electron chi connectivity index (χ0n) is 10.8. The maximum absolute atomic E-state index is 14.0. The molecule has 0 saturated heterocycles. The number of para-hydroxylation sites is 1. The van der Waals surface area contributed by atoms with Gasteiger partial charge in [-0.2, -0.15) is 0 Å². The molecule has 2 aromatic carbocycles. The van der Waals surface area contributed by atoms with E-state index in [-0.39, 0.29) is 11.5 Å². The zero-order valence-corrected chi connectivity index (χ0v) is 10.8. The highest BCUT2D eigenvalue weighted by Gasteiger charge is 2.11. The van der Waals surface area contributed by atoms with Crippen LogP contribution in [0.3, 0.4) is 0 Å². The molecule has 0 radical (unpaired) electrons. The molecule has 0 saturated carbocycles. The van der Waals surface area contributed by atoms with E-state index in [2.05, 4.69) is 9.97 Å². The lowest BCUT2D eigenvalue weighted by atomic mass is 10.1. The van der Waals surface area contributed by atoms with Crippen molar-refractivity contribution >= 4 is 10.9 Å². The Bertz CT molecular complexity index is 862. The highest BCUT2D eigenvalue weighted by Crippen LogP contribution is 2.26. The minimum Gasteiger partial charge on any atom is -0.265 e. The Morgan fingerprint density at radius 1 is 0.950 bits per heavy atom. The van der Waals surface area contributed by atoms with Crippen molar-refractivity contribution < 1.29 is 4.39 Å². The summed E-state index contributed by atoms with van der Waals surface area (Å²) in [5.74, 6) is -0.372. The van der Waals surface area contributed by atoms with E-state index in [1.807, 2.05) is 6.07 Å². The van der Waals surface area contributed by atoms with E-state index < -0.39 is 5.56 Å². The van der Waals surface area contributed by atoms with Crippen LogP contribution in [0.1, 0.15) is 5.69 Å². The van der Waals surface area contributed by atoms with Gasteiger partial charge in [0.05, 0.1) is 11.2 Å². The van der Waals surface area contributed by atoms with Crippen LogP contribution in [-0.4, -0.2) is 9.97 Å². The highest BCUT2D eigenvalue weighted by atomic mass is 19.1. The Morgan fingerprint density at radius 3 is 2.45 bits per heavy atom. The first-order valence-electron chi connectivity index (χ1n) is 6.19. The van der Waals surface area contributed by atoms with Crippen molar-refractivity contribution in [3.05, 3.63) is 70.4 Å². The third-order valence-electron chi connectivity index (χ3n) is 3.10. The zero-order chi connectivity index (χ0) is 14.1. The van der Waals surface area contributed by atoms with E-state index in [4.69, 9.17) is 0 Å². The molecule has 98 valence electrons. The predicted molar refractivity (Wildman–Crippen MR) is 75.9 cm³/mol. The largest absolute Gasteiger partial charge is 0.291 e. The van der Waals surface area contributed by atoms with Gasteiger partial charge >= 0.3 is 0 Å². The summed E-state index contributed by atoms with van der Waals surface area (Å²) in [6.07, 6.45) is 0. The SMILES string of the molecule is Cc1nc(-c2ccccc2F)c2ccccc2nc1=O. The van der Waals surface area contributed by atoms with Crippen molar-refractivity contribution in [3.8, 4) is 11.3 Å². The Hall–Kier alpha value is -2.62. The van der Waals surface area contributed by atoms with Crippen LogP contribution >= 0.6 is 0 Å². The summed E-state index contributed by atoms with van der Waals surface area (Å²) in [6.45, 7) is 1.58. The van der Waals surface area contributed by atoms with E-state index >= 15 is 0 Å². The van der Waals surface area contributed by atoms with Gasteiger partial charge in [-0.25, -0.2) is 14.4 Å². The minimum atomic E-state index is -0.399. The fraction of sp³-hybridized carbons (Fsp3) is 0.0625. The predicted octanol–water partition coefficient (Wildman–Crippen LogP) is 3.10. The number of aryl methyl sites for hydroxylation is 1. The van der Waals surface area contributed by atoms with Crippen molar-refractivity contribution in [1.29, 1.82) is 0 Å². The van der Waals surface area contributed by atoms with Gasteiger partial charge in [-0.05, 0) is 25.1 Å². The van der Waals surface area contributed by atoms with Gasteiger partial charge in [-0.1, -0.05) is 30.3 Å². The molecule has 1 aromatic heterocycles. The topological polar surface area (TPSA) is 42.9 Å². The van der Waals surface area contributed by atoms with Gasteiger partial charge < -0.3 is 0 Å². The van der Waals surface area contributed by atoms with E-state index in [1.165, 1.54) is 6.07 Å². The first-order chi connectivity index (χ1) is 9.66. The third-order valence-corrected chi connectivity index (χ3v) is 3.10. The van der Waals surface area contributed by atoms with Crippen LogP contribution in [0.2, 0.25) is 0 Å². The van der Waals surface area contributed by atoms with E-state index in [0.29, 0.717) is 22.2 Å². The molecule has 1 heterocycles. The number of benzene rings is 2. The molecule has 0 fully saturated rings. The monoisotopic (exact) mass is 266 g/mol. The molecular formula is C16H11FN2O. The van der Waals surface area contributed by atoms with Crippen molar-refractivity contribution in [1.82, 2.24) is 9.97 Å². The molecule has 3 rings (SSSR count). The van der Waals surface area contributed by atoms with E-state index in [9.17, 15) is 9.18 Å². The second-order valence-electron chi connectivity index (χ2n) is 4.46. The molecule has 0 unspecified atom stereocenters. The number of halogens is 1. The fourth-order valence-electron chi connectivity index (χ4n) is 2.10. The summed E-state index contributed by atoms with van der Waals surface area (Å²) in [7, 11) is 0. The molecule has 3 nitrogen and oxygen atoms in total. The maximum Gasteiger partial charge on any atom is 0.291 e. The Labute approximate surface area is 114 Å². The molecule has 0 aliphatic rings. The number of rotatable bonds is 1. The molecular weight excluding hydrogens is 255 g/mol. The van der Waals surface area contributed by atoms with Gasteiger partial charge in [0.15, 0.2) is 0 Å². The fourth-order valence-corrected chi connectivity index (χ4v) is 2.10. The minimum absolute atomic E-state index is 0.249. The van der Waals surface area contributed by atoms with Crippen LogP contribution in [-0.2, 0) is 0 Å². The molecule has 0 N–H and O–H groups in total. The molecule has 0 spiro atoms. The lowest BCUT2D eigenvalue weighted by Gasteiger charge is -2.03. The van der Waals surface area contributed by atoms with Crippen LogP contribution < -0.4 is 5.56 Å². The maximum atomic E-state index is 14.0. The second kappa shape index (κ2) is 4.81. The Balaban J connectivity index is 2.51. The van der Waals surface area contributed by atoms with Gasteiger partial charge in [0.1, 0.15) is 11.5 Å². The van der Waals surface area contributed by atoms with Crippen molar-refractivity contribution in [2.45, 2.75) is 6.92 Å². The van der Waals surface area contributed by atoms with Crippen LogP contribution in [0.4, 0.5) is 4.39 Å². The van der Waals surface area contributed by atoms with Gasteiger partial charge in [0.2, 0.25) is 0 Å². The smallest absolute Gasteiger partial charge is 0.265 e. The number of fused-ring (bicyclic) bond motifs is 1. The van der Waals surface area contributed by atoms with Gasteiger partial charge in [0, 0.05) is 10.9 Å². The summed E-state index contributed by atoms with van der Waals surface area (Å²) in [5, 5.41) is 0.655. The molecule has 0 bridgehead atoms. The standard InChI is InChI=1S/C16H11FN2O/c1-10-16(20)19-14-9-5-3-7-12(14)15(18-10)11-6-2-4-8-13(11)17/h2-9H,1H3. The molecule has 0 aliphatic carbocycles. The number of hydrogen-bond acceptors (Lipinski definition) is 3. The molecule has 0 amide bonds. The van der Waals surface area contributed by atoms with Crippen LogP contribution in [0.5, 0.6) is 0 Å². The summed E-state index contributed by atoms with van der Waals surface area (Å²) in [5.41, 5.74) is 1.16. The van der Waals surface area contributed by atoms with Gasteiger partial charge in [-0.3, -0.25) is 4.79 Å². The lowest BCUT2D eigenvalue weighted by molar-refractivity contribution is 0.631. The number of hydrogen-bond donors (Lipinski definition) is 0. The van der Waals surface area contributed by atoms with E-state index in [0.717, 1.165) is 0 Å².